The van der Waals surface area contributed by atoms with E-state index in [2.05, 4.69) is 4.74 Å². The van der Waals surface area contributed by atoms with E-state index in [0.717, 1.165) is 22.9 Å². The normalized spacial score (nSPS) is 15.0. The summed E-state index contributed by atoms with van der Waals surface area (Å²) in [4.78, 5) is 25.7. The van der Waals surface area contributed by atoms with Crippen LogP contribution in [0.2, 0.25) is 0 Å². The molecule has 1 aliphatic heterocycles. The van der Waals surface area contributed by atoms with Crippen LogP contribution in [0.4, 0.5) is 0 Å². The molecule has 1 fully saturated rings. The van der Waals surface area contributed by atoms with Gasteiger partial charge in [-0.2, -0.15) is 0 Å². The van der Waals surface area contributed by atoms with Crippen LogP contribution in [-0.2, 0) is 20.9 Å². The summed E-state index contributed by atoms with van der Waals surface area (Å²) in [6.45, 7) is 0.219. The van der Waals surface area contributed by atoms with Crippen molar-refractivity contribution in [2.45, 2.75) is 6.61 Å². The largest absolute Gasteiger partial charge is 0.493 e. The van der Waals surface area contributed by atoms with Crippen LogP contribution in [0.15, 0.2) is 53.4 Å². The molecule has 29 heavy (non-hydrogen) atoms. The molecule has 3 rings (SSSR count). The van der Waals surface area contributed by atoms with Crippen molar-refractivity contribution in [3.8, 4) is 11.5 Å². The van der Waals surface area contributed by atoms with Crippen LogP contribution in [0.25, 0.3) is 6.08 Å². The first-order valence-corrected chi connectivity index (χ1v) is 9.91. The van der Waals surface area contributed by atoms with Crippen molar-refractivity contribution in [2.75, 3.05) is 20.8 Å². The highest BCUT2D eigenvalue weighted by molar-refractivity contribution is 8.26. The van der Waals surface area contributed by atoms with E-state index in [4.69, 9.17) is 21.7 Å². The molecule has 0 unspecified atom stereocenters. The second kappa shape index (κ2) is 9.58. The Morgan fingerprint density at radius 1 is 1.14 bits per heavy atom. The number of ether oxygens (including phenoxy) is 3. The molecule has 1 amide bonds. The molecule has 0 radical (unpaired) electrons. The highest BCUT2D eigenvalue weighted by Gasteiger charge is 2.33. The van der Waals surface area contributed by atoms with Gasteiger partial charge in [-0.05, 0) is 29.3 Å². The number of carbonyl (C=O) groups excluding carboxylic acids is 2. The Balaban J connectivity index is 1.75. The van der Waals surface area contributed by atoms with Crippen LogP contribution in [0.5, 0.6) is 11.5 Å². The molecule has 0 bridgehead atoms. The van der Waals surface area contributed by atoms with Gasteiger partial charge in [0.05, 0.1) is 19.1 Å². The molecule has 1 saturated heterocycles. The number of nitrogens with zero attached hydrogens (tertiary/aromatic N) is 1. The topological polar surface area (TPSA) is 65.1 Å². The summed E-state index contributed by atoms with van der Waals surface area (Å²) < 4.78 is 16.2. The lowest BCUT2D eigenvalue weighted by Crippen LogP contribution is -2.33. The van der Waals surface area contributed by atoms with Crippen LogP contribution in [0.1, 0.15) is 11.1 Å². The number of rotatable bonds is 7. The van der Waals surface area contributed by atoms with Crippen LogP contribution in [0.3, 0.4) is 0 Å². The van der Waals surface area contributed by atoms with Crippen LogP contribution in [-0.4, -0.2) is 41.9 Å². The van der Waals surface area contributed by atoms with Crippen molar-refractivity contribution in [1.29, 1.82) is 0 Å². The van der Waals surface area contributed by atoms with Gasteiger partial charge in [0.15, 0.2) is 11.5 Å². The number of carbonyl (C=O) groups is 2. The predicted molar refractivity (Wildman–Crippen MR) is 116 cm³/mol. The van der Waals surface area contributed by atoms with E-state index in [1.807, 2.05) is 36.4 Å². The number of amides is 1. The first-order valence-electron chi connectivity index (χ1n) is 8.68. The summed E-state index contributed by atoms with van der Waals surface area (Å²) >= 11 is 6.35. The van der Waals surface area contributed by atoms with Crippen LogP contribution in [0, 0.1) is 0 Å². The quantitative estimate of drug-likeness (QED) is 0.378. The zero-order valence-corrected chi connectivity index (χ0v) is 17.5. The zero-order valence-electron chi connectivity index (χ0n) is 15.9. The summed E-state index contributed by atoms with van der Waals surface area (Å²) in [5.74, 6) is 0.310. The van der Waals surface area contributed by atoms with Gasteiger partial charge >= 0.3 is 5.97 Å². The number of methoxy groups -OCH3 is 2. The minimum atomic E-state index is -0.524. The summed E-state index contributed by atoms with van der Waals surface area (Å²) in [5.41, 5.74) is 1.81. The van der Waals surface area contributed by atoms with Gasteiger partial charge in [-0.15, -0.1) is 0 Å². The average molecular weight is 430 g/mol. The smallest absolute Gasteiger partial charge is 0.325 e. The molecule has 0 saturated carbocycles. The maximum atomic E-state index is 12.5. The number of thioether (sulfide) groups is 1. The van der Waals surface area contributed by atoms with Crippen LogP contribution < -0.4 is 9.47 Å². The molecule has 6 nitrogen and oxygen atoms in total. The van der Waals surface area contributed by atoms with Crippen molar-refractivity contribution < 1.29 is 23.8 Å². The van der Waals surface area contributed by atoms with E-state index in [1.165, 1.54) is 12.0 Å². The third-order valence-corrected chi connectivity index (χ3v) is 5.49. The number of benzene rings is 2. The molecule has 8 heteroatoms. The fourth-order valence-electron chi connectivity index (χ4n) is 2.61. The maximum absolute atomic E-state index is 12.5. The molecule has 2 aromatic rings. The Kier molecular flexibility index (Phi) is 6.90. The number of hydrogen-bond acceptors (Lipinski definition) is 7. The minimum absolute atomic E-state index is 0.200. The van der Waals surface area contributed by atoms with Gasteiger partial charge < -0.3 is 14.2 Å². The monoisotopic (exact) mass is 429 g/mol. The van der Waals surface area contributed by atoms with E-state index in [-0.39, 0.29) is 12.5 Å². The molecule has 0 atom stereocenters. The minimum Gasteiger partial charge on any atom is -0.493 e. The lowest BCUT2D eigenvalue weighted by Gasteiger charge is -2.12. The molecular formula is C21H19NO5S2. The zero-order chi connectivity index (χ0) is 20.8. The molecule has 1 aliphatic rings. The second-order valence-corrected chi connectivity index (χ2v) is 7.70. The first kappa shape index (κ1) is 20.9. The summed E-state index contributed by atoms with van der Waals surface area (Å²) in [6, 6.07) is 15.2. The van der Waals surface area contributed by atoms with Crippen molar-refractivity contribution in [1.82, 2.24) is 4.90 Å². The van der Waals surface area contributed by atoms with Crippen molar-refractivity contribution >= 4 is 46.3 Å². The molecular weight excluding hydrogens is 410 g/mol. The Labute approximate surface area is 178 Å². The lowest BCUT2D eigenvalue weighted by molar-refractivity contribution is -0.143. The van der Waals surface area contributed by atoms with E-state index < -0.39 is 5.97 Å². The van der Waals surface area contributed by atoms with Gasteiger partial charge in [0.25, 0.3) is 5.91 Å². The van der Waals surface area contributed by atoms with Gasteiger partial charge in [-0.1, -0.05) is 60.4 Å². The SMILES string of the molecule is COC(=O)CN1C(=O)C(=Cc2ccc(OCc3ccccc3)c(OC)c2)SC1=S. The Hall–Kier alpha value is -2.84. The molecule has 0 N–H and O–H groups in total. The number of hydrogen-bond donors (Lipinski definition) is 0. The highest BCUT2D eigenvalue weighted by atomic mass is 32.2. The van der Waals surface area contributed by atoms with Crippen molar-refractivity contribution in [3.05, 3.63) is 64.6 Å². The van der Waals surface area contributed by atoms with Gasteiger partial charge in [0.2, 0.25) is 0 Å². The Morgan fingerprint density at radius 3 is 2.59 bits per heavy atom. The number of esters is 1. The fourth-order valence-corrected chi connectivity index (χ4v) is 3.86. The van der Waals surface area contributed by atoms with Crippen LogP contribution >= 0.6 is 24.0 Å². The summed E-state index contributed by atoms with van der Waals surface area (Å²) in [6.07, 6.45) is 1.71. The molecule has 0 aromatic heterocycles. The Bertz CT molecular complexity index is 959. The molecule has 150 valence electrons. The molecule has 2 aromatic carbocycles. The third kappa shape index (κ3) is 5.16. The summed E-state index contributed by atoms with van der Waals surface area (Å²) in [7, 11) is 2.83. The summed E-state index contributed by atoms with van der Waals surface area (Å²) in [5, 5.41) is 0. The van der Waals surface area contributed by atoms with E-state index in [9.17, 15) is 9.59 Å². The number of thiocarbonyl (C=S) groups is 1. The second-order valence-electron chi connectivity index (χ2n) is 6.03. The predicted octanol–water partition coefficient (Wildman–Crippen LogP) is 3.65. The first-order chi connectivity index (χ1) is 14.0. The van der Waals surface area contributed by atoms with Crippen molar-refractivity contribution in [3.63, 3.8) is 0 Å². The average Bonchev–Trinajstić information content (AvgIpc) is 3.00. The molecule has 1 heterocycles. The highest BCUT2D eigenvalue weighted by Crippen LogP contribution is 2.34. The third-order valence-electron chi connectivity index (χ3n) is 4.11. The van der Waals surface area contributed by atoms with Gasteiger partial charge in [0.1, 0.15) is 17.5 Å². The molecule has 0 spiro atoms. The maximum Gasteiger partial charge on any atom is 0.325 e. The Morgan fingerprint density at radius 2 is 1.90 bits per heavy atom. The fraction of sp³-hybridized carbons (Fsp3) is 0.190. The standard InChI is InChI=1S/C21H19NO5S2/c1-25-17-10-15(8-9-16(17)27-13-14-6-4-3-5-7-14)11-18-20(24)22(21(28)29-18)12-19(23)26-2/h3-11H,12-13H2,1-2H3. The lowest BCUT2D eigenvalue weighted by atomic mass is 10.1. The van der Waals surface area contributed by atoms with Gasteiger partial charge in [-0.25, -0.2) is 0 Å². The van der Waals surface area contributed by atoms with Gasteiger partial charge in [-0.3, -0.25) is 14.5 Å². The van der Waals surface area contributed by atoms with Gasteiger partial charge in [0, 0.05) is 0 Å². The molecule has 0 aliphatic carbocycles. The van der Waals surface area contributed by atoms with E-state index in [0.29, 0.717) is 27.3 Å². The van der Waals surface area contributed by atoms with E-state index >= 15 is 0 Å². The van der Waals surface area contributed by atoms with E-state index in [1.54, 1.807) is 25.3 Å². The van der Waals surface area contributed by atoms with Crippen molar-refractivity contribution in [2.24, 2.45) is 0 Å².